The zero-order chi connectivity index (χ0) is 31.3. The van der Waals surface area contributed by atoms with Crippen molar-refractivity contribution in [1.82, 2.24) is 34.3 Å². The molecule has 2 aliphatic heterocycles. The molecule has 2 fully saturated rings. The van der Waals surface area contributed by atoms with Gasteiger partial charge in [0.1, 0.15) is 17.5 Å². The predicted molar refractivity (Wildman–Crippen MR) is 178 cm³/mol. The first kappa shape index (κ1) is 30.0. The van der Waals surface area contributed by atoms with Crippen LogP contribution in [0.25, 0.3) is 33.4 Å². The Hall–Kier alpha value is -4.71. The minimum atomic E-state index is -0.112. The van der Waals surface area contributed by atoms with Gasteiger partial charge < -0.3 is 19.7 Å². The molecule has 0 saturated carbocycles. The number of nitrogens with one attached hydrogen (secondary N) is 1. The van der Waals surface area contributed by atoms with Gasteiger partial charge in [-0.3, -0.25) is 24.2 Å². The highest BCUT2D eigenvalue weighted by atomic mass is 16.5. The number of rotatable bonds is 9. The van der Waals surface area contributed by atoms with E-state index in [-0.39, 0.29) is 11.7 Å². The van der Waals surface area contributed by atoms with Crippen LogP contribution >= 0.6 is 0 Å². The molecule has 236 valence electrons. The molecule has 0 bridgehead atoms. The van der Waals surface area contributed by atoms with Crippen molar-refractivity contribution in [3.63, 3.8) is 0 Å². The summed E-state index contributed by atoms with van der Waals surface area (Å²) in [6.45, 7) is 6.33. The van der Waals surface area contributed by atoms with E-state index in [1.54, 1.807) is 29.4 Å². The van der Waals surface area contributed by atoms with Gasteiger partial charge in [-0.05, 0) is 75.0 Å². The van der Waals surface area contributed by atoms with Crippen molar-refractivity contribution in [1.29, 1.82) is 0 Å². The van der Waals surface area contributed by atoms with E-state index in [1.165, 1.54) is 0 Å². The quantitative estimate of drug-likeness (QED) is 0.254. The lowest BCUT2D eigenvalue weighted by atomic mass is 10.1. The summed E-state index contributed by atoms with van der Waals surface area (Å²) in [5.41, 5.74) is 4.41. The second-order valence-corrected chi connectivity index (χ2v) is 11.9. The summed E-state index contributed by atoms with van der Waals surface area (Å²) in [6.07, 6.45) is 9.42. The van der Waals surface area contributed by atoms with Gasteiger partial charge in [0, 0.05) is 85.3 Å². The molecule has 1 atom stereocenters. The molecule has 4 aromatic heterocycles. The maximum atomic E-state index is 14.1. The smallest absolute Gasteiger partial charge is 0.260 e. The van der Waals surface area contributed by atoms with Gasteiger partial charge in [-0.2, -0.15) is 4.98 Å². The van der Waals surface area contributed by atoms with Crippen LogP contribution < -0.4 is 15.6 Å². The Morgan fingerprint density at radius 1 is 0.935 bits per heavy atom. The number of hydrogen-bond acceptors (Lipinski definition) is 10. The number of ether oxygens (including phenoxy) is 2. The molecule has 2 saturated heterocycles. The van der Waals surface area contributed by atoms with Gasteiger partial charge >= 0.3 is 0 Å². The SMILES string of the molecule is CN1CCCC(Oc2ccc(Nc3ncc4cc(-c5ccc(-c6ccncc6)nc5)c(=O)n(CCN5CCOCC5)c4n3)cc2)C1. The van der Waals surface area contributed by atoms with E-state index in [9.17, 15) is 4.79 Å². The van der Waals surface area contributed by atoms with Crippen LogP contribution in [0.2, 0.25) is 0 Å². The van der Waals surface area contributed by atoms with E-state index < -0.39 is 0 Å². The van der Waals surface area contributed by atoms with Gasteiger partial charge in [0.25, 0.3) is 5.56 Å². The highest BCUT2D eigenvalue weighted by Gasteiger charge is 2.19. The number of aromatic nitrogens is 5. The van der Waals surface area contributed by atoms with Gasteiger partial charge in [0.05, 0.1) is 18.9 Å². The molecule has 11 nitrogen and oxygen atoms in total. The molecule has 0 amide bonds. The standard InChI is InChI=1S/C35H38N8O3/c1-41-14-2-3-30(24-41)46-29-7-5-28(6-8-29)39-35-38-23-27-21-31(26-4-9-32(37-22-26)25-10-12-36-13-11-25)34(44)43(33(27)40-35)16-15-42-17-19-45-20-18-42/h4-13,21-23,30H,2-3,14-20,24H2,1H3,(H,38,39,40). The summed E-state index contributed by atoms with van der Waals surface area (Å²) in [5, 5.41) is 4.09. The summed E-state index contributed by atoms with van der Waals surface area (Å²) >= 11 is 0. The highest BCUT2D eigenvalue weighted by Crippen LogP contribution is 2.25. The van der Waals surface area contributed by atoms with Crippen molar-refractivity contribution in [2.45, 2.75) is 25.5 Å². The molecule has 11 heteroatoms. The second kappa shape index (κ2) is 13.7. The first-order valence-corrected chi connectivity index (χ1v) is 15.9. The van der Waals surface area contributed by atoms with Gasteiger partial charge in [-0.1, -0.05) is 6.07 Å². The van der Waals surface area contributed by atoms with Crippen molar-refractivity contribution in [3.8, 4) is 28.1 Å². The third-order valence-corrected chi connectivity index (χ3v) is 8.62. The monoisotopic (exact) mass is 618 g/mol. The zero-order valence-corrected chi connectivity index (χ0v) is 26.0. The van der Waals surface area contributed by atoms with Gasteiger partial charge in [-0.25, -0.2) is 4.98 Å². The molecular formula is C35H38N8O3. The second-order valence-electron chi connectivity index (χ2n) is 11.9. The van der Waals surface area contributed by atoms with Crippen molar-refractivity contribution >= 4 is 22.7 Å². The average Bonchev–Trinajstić information content (AvgIpc) is 3.09. The fraction of sp³-hybridized carbons (Fsp3) is 0.343. The third-order valence-electron chi connectivity index (χ3n) is 8.62. The molecule has 1 N–H and O–H groups in total. The van der Waals surface area contributed by atoms with Crippen molar-refractivity contribution in [2.24, 2.45) is 0 Å². The van der Waals surface area contributed by atoms with E-state index in [4.69, 9.17) is 14.5 Å². The Labute approximate surface area is 267 Å². The molecule has 1 unspecified atom stereocenters. The number of fused-ring (bicyclic) bond motifs is 1. The maximum absolute atomic E-state index is 14.1. The first-order chi connectivity index (χ1) is 22.6. The fourth-order valence-corrected chi connectivity index (χ4v) is 6.10. The number of pyridine rings is 3. The Balaban J connectivity index is 1.16. The van der Waals surface area contributed by atoms with Gasteiger partial charge in [0.2, 0.25) is 5.95 Å². The minimum absolute atomic E-state index is 0.112. The Kier molecular flexibility index (Phi) is 8.95. The van der Waals surface area contributed by atoms with Crippen LogP contribution in [0, 0.1) is 0 Å². The van der Waals surface area contributed by atoms with Crippen LogP contribution in [-0.2, 0) is 11.3 Å². The molecule has 5 aromatic rings. The fourth-order valence-electron chi connectivity index (χ4n) is 6.10. The number of nitrogens with zero attached hydrogens (tertiary/aromatic N) is 7. The molecule has 0 radical (unpaired) electrons. The lowest BCUT2D eigenvalue weighted by Gasteiger charge is -2.30. The first-order valence-electron chi connectivity index (χ1n) is 15.9. The summed E-state index contributed by atoms with van der Waals surface area (Å²) in [4.78, 5) is 36.9. The van der Waals surface area contributed by atoms with Crippen molar-refractivity contribution in [3.05, 3.63) is 89.7 Å². The molecule has 6 heterocycles. The number of morpholine rings is 1. The van der Waals surface area contributed by atoms with Crippen LogP contribution in [0.1, 0.15) is 12.8 Å². The van der Waals surface area contributed by atoms with E-state index in [1.807, 2.05) is 54.6 Å². The largest absolute Gasteiger partial charge is 0.489 e. The van der Waals surface area contributed by atoms with E-state index in [0.717, 1.165) is 72.7 Å². The molecule has 2 aliphatic rings. The van der Waals surface area contributed by atoms with Crippen molar-refractivity contribution in [2.75, 3.05) is 58.3 Å². The topological polar surface area (TPSA) is 111 Å². The summed E-state index contributed by atoms with van der Waals surface area (Å²) in [7, 11) is 2.13. The minimum Gasteiger partial charge on any atom is -0.489 e. The molecule has 46 heavy (non-hydrogen) atoms. The van der Waals surface area contributed by atoms with E-state index in [0.29, 0.717) is 43.5 Å². The number of hydrogen-bond donors (Lipinski definition) is 1. The number of benzene rings is 1. The number of piperidine rings is 1. The van der Waals surface area contributed by atoms with E-state index >= 15 is 0 Å². The maximum Gasteiger partial charge on any atom is 0.260 e. The van der Waals surface area contributed by atoms with Gasteiger partial charge in [-0.15, -0.1) is 0 Å². The molecule has 0 aliphatic carbocycles. The third kappa shape index (κ3) is 6.91. The Bertz CT molecular complexity index is 1820. The molecular weight excluding hydrogens is 580 g/mol. The lowest BCUT2D eigenvalue weighted by Crippen LogP contribution is -2.39. The van der Waals surface area contributed by atoms with E-state index in [2.05, 4.69) is 37.1 Å². The zero-order valence-electron chi connectivity index (χ0n) is 26.0. The molecule has 7 rings (SSSR count). The summed E-state index contributed by atoms with van der Waals surface area (Å²) in [5.74, 6) is 1.27. The number of likely N-dealkylation sites (tertiary alicyclic amines) is 1. The summed E-state index contributed by atoms with van der Waals surface area (Å²) in [6, 6.07) is 17.4. The average molecular weight is 619 g/mol. The summed E-state index contributed by atoms with van der Waals surface area (Å²) < 4.78 is 13.5. The van der Waals surface area contributed by atoms with Gasteiger partial charge in [0.15, 0.2) is 0 Å². The van der Waals surface area contributed by atoms with Crippen LogP contribution in [0.15, 0.2) is 84.2 Å². The highest BCUT2D eigenvalue weighted by molar-refractivity contribution is 5.82. The Morgan fingerprint density at radius 3 is 2.52 bits per heavy atom. The van der Waals surface area contributed by atoms with Crippen LogP contribution in [-0.4, -0.2) is 93.4 Å². The Morgan fingerprint density at radius 2 is 1.76 bits per heavy atom. The molecule has 1 aromatic carbocycles. The number of likely N-dealkylation sites (N-methyl/N-ethyl adjacent to an activating group) is 1. The van der Waals surface area contributed by atoms with Crippen LogP contribution in [0.3, 0.4) is 0 Å². The normalized spacial score (nSPS) is 17.6. The van der Waals surface area contributed by atoms with Crippen LogP contribution in [0.5, 0.6) is 5.75 Å². The lowest BCUT2D eigenvalue weighted by molar-refractivity contribution is 0.0364. The van der Waals surface area contributed by atoms with Crippen molar-refractivity contribution < 1.29 is 9.47 Å². The number of anilines is 2. The molecule has 0 spiro atoms. The predicted octanol–water partition coefficient (Wildman–Crippen LogP) is 4.46. The van der Waals surface area contributed by atoms with Crippen LogP contribution in [0.4, 0.5) is 11.6 Å².